The molecule has 0 spiro atoms. The monoisotopic (exact) mass is 378 g/mol. The quantitative estimate of drug-likeness (QED) is 0.531. The van der Waals surface area contributed by atoms with Crippen molar-refractivity contribution in [1.82, 2.24) is 14.4 Å². The second kappa shape index (κ2) is 6.09. The van der Waals surface area contributed by atoms with Crippen molar-refractivity contribution in [3.63, 3.8) is 0 Å². The number of para-hydroxylation sites is 1. The highest BCUT2D eigenvalue weighted by atomic mass is 79.9. The molecule has 1 aromatic carbocycles. The third-order valence-corrected chi connectivity index (χ3v) is 4.40. The molecule has 3 aromatic heterocycles. The minimum absolute atomic E-state index is 0.890. The molecule has 0 aliphatic carbocycles. The Balaban J connectivity index is 1.94. The maximum Gasteiger partial charge on any atom is 0.143 e. The second-order valence-electron chi connectivity index (χ2n) is 5.56. The Hall–Kier alpha value is -2.66. The van der Waals surface area contributed by atoms with Crippen LogP contribution in [0.1, 0.15) is 5.56 Å². The molecule has 0 unspecified atom stereocenters. The fraction of sp³-hybridized carbons (Fsp3) is 0.0526. The van der Waals surface area contributed by atoms with Crippen molar-refractivity contribution in [2.24, 2.45) is 0 Å². The molecule has 3 heterocycles. The largest absolute Gasteiger partial charge is 0.339 e. The number of fused-ring (bicyclic) bond motifs is 1. The number of anilines is 2. The van der Waals surface area contributed by atoms with Gasteiger partial charge in [-0.3, -0.25) is 9.38 Å². The van der Waals surface area contributed by atoms with Gasteiger partial charge in [-0.25, -0.2) is 4.98 Å². The van der Waals surface area contributed by atoms with Crippen LogP contribution in [0.4, 0.5) is 11.5 Å². The molecule has 0 atom stereocenters. The van der Waals surface area contributed by atoms with Gasteiger partial charge in [0.25, 0.3) is 0 Å². The number of hydrogen-bond donors (Lipinski definition) is 1. The van der Waals surface area contributed by atoms with Crippen molar-refractivity contribution in [1.29, 1.82) is 0 Å². The van der Waals surface area contributed by atoms with E-state index in [4.69, 9.17) is 4.98 Å². The van der Waals surface area contributed by atoms with Crippen molar-refractivity contribution in [2.45, 2.75) is 6.92 Å². The minimum atomic E-state index is 0.890. The van der Waals surface area contributed by atoms with Crippen LogP contribution < -0.4 is 5.32 Å². The molecule has 118 valence electrons. The van der Waals surface area contributed by atoms with Crippen molar-refractivity contribution in [2.75, 3.05) is 5.32 Å². The summed E-state index contributed by atoms with van der Waals surface area (Å²) >= 11 is 3.55. The Labute approximate surface area is 148 Å². The van der Waals surface area contributed by atoms with E-state index in [0.717, 1.165) is 32.9 Å². The van der Waals surface area contributed by atoms with Crippen molar-refractivity contribution in [3.05, 3.63) is 77.2 Å². The molecule has 0 fully saturated rings. The first-order chi connectivity index (χ1) is 11.7. The zero-order valence-corrected chi connectivity index (χ0v) is 14.7. The number of rotatable bonds is 3. The molecule has 24 heavy (non-hydrogen) atoms. The molecule has 0 bridgehead atoms. The molecular weight excluding hydrogens is 364 g/mol. The molecule has 0 radical (unpaired) electrons. The highest BCUT2D eigenvalue weighted by Crippen LogP contribution is 2.32. The van der Waals surface area contributed by atoms with E-state index in [2.05, 4.69) is 49.7 Å². The van der Waals surface area contributed by atoms with Crippen LogP contribution in [-0.4, -0.2) is 14.4 Å². The van der Waals surface area contributed by atoms with Crippen LogP contribution >= 0.6 is 15.9 Å². The van der Waals surface area contributed by atoms with Gasteiger partial charge in [-0.1, -0.05) is 18.2 Å². The lowest BCUT2D eigenvalue weighted by Crippen LogP contribution is -1.98. The molecule has 1 N–H and O–H groups in total. The molecule has 4 nitrogen and oxygen atoms in total. The van der Waals surface area contributed by atoms with Gasteiger partial charge in [-0.15, -0.1) is 0 Å². The van der Waals surface area contributed by atoms with E-state index >= 15 is 0 Å². The molecule has 5 heteroatoms. The molecule has 0 saturated heterocycles. The lowest BCUT2D eigenvalue weighted by Gasteiger charge is -2.11. The molecule has 0 amide bonds. The predicted molar refractivity (Wildman–Crippen MR) is 101 cm³/mol. The number of halogens is 1. The van der Waals surface area contributed by atoms with Crippen LogP contribution in [0.3, 0.4) is 0 Å². The van der Waals surface area contributed by atoms with Gasteiger partial charge in [0, 0.05) is 34.3 Å². The maximum atomic E-state index is 4.80. The van der Waals surface area contributed by atoms with Gasteiger partial charge in [-0.05, 0) is 58.7 Å². The van der Waals surface area contributed by atoms with Crippen LogP contribution in [0.2, 0.25) is 0 Å². The normalized spacial score (nSPS) is 10.9. The van der Waals surface area contributed by atoms with Crippen molar-refractivity contribution in [3.8, 4) is 11.3 Å². The van der Waals surface area contributed by atoms with E-state index in [9.17, 15) is 0 Å². The Kier molecular flexibility index (Phi) is 3.78. The summed E-state index contributed by atoms with van der Waals surface area (Å²) in [6.07, 6.45) is 5.59. The lowest BCUT2D eigenvalue weighted by molar-refractivity contribution is 1.17. The van der Waals surface area contributed by atoms with E-state index in [1.165, 1.54) is 5.56 Å². The van der Waals surface area contributed by atoms with Gasteiger partial charge in [0.2, 0.25) is 0 Å². The Morgan fingerprint density at radius 1 is 1.00 bits per heavy atom. The first-order valence-electron chi connectivity index (χ1n) is 7.63. The van der Waals surface area contributed by atoms with Crippen molar-refractivity contribution < 1.29 is 0 Å². The zero-order chi connectivity index (χ0) is 16.5. The standard InChI is InChI=1S/C19H15BrN4/c1-13-4-2-3-5-16(13)22-19-18(14-8-10-21-11-9-14)23-17-7-6-15(20)12-24(17)19/h2-12,22H,1H3. The highest BCUT2D eigenvalue weighted by molar-refractivity contribution is 9.10. The number of pyridine rings is 2. The van der Waals surface area contributed by atoms with Crippen LogP contribution in [0, 0.1) is 6.92 Å². The van der Waals surface area contributed by atoms with Crippen LogP contribution in [0.5, 0.6) is 0 Å². The Bertz CT molecular complexity index is 1010. The van der Waals surface area contributed by atoms with Crippen LogP contribution in [0.15, 0.2) is 71.6 Å². The van der Waals surface area contributed by atoms with Gasteiger partial charge >= 0.3 is 0 Å². The Morgan fingerprint density at radius 3 is 2.58 bits per heavy atom. The smallest absolute Gasteiger partial charge is 0.143 e. The minimum Gasteiger partial charge on any atom is -0.339 e. The van der Waals surface area contributed by atoms with Crippen molar-refractivity contribution >= 4 is 33.1 Å². The molecule has 0 aliphatic rings. The number of hydrogen-bond acceptors (Lipinski definition) is 3. The predicted octanol–water partition coefficient (Wildman–Crippen LogP) is 5.21. The summed E-state index contributed by atoms with van der Waals surface area (Å²) in [5, 5.41) is 3.55. The zero-order valence-electron chi connectivity index (χ0n) is 13.1. The summed E-state index contributed by atoms with van der Waals surface area (Å²) < 4.78 is 3.06. The number of aromatic nitrogens is 3. The van der Waals surface area contributed by atoms with E-state index in [1.807, 2.05) is 42.6 Å². The first kappa shape index (κ1) is 14.9. The number of benzene rings is 1. The Morgan fingerprint density at radius 2 is 1.79 bits per heavy atom. The summed E-state index contributed by atoms with van der Waals surface area (Å²) in [6, 6.07) is 16.2. The fourth-order valence-corrected chi connectivity index (χ4v) is 3.03. The third kappa shape index (κ3) is 2.67. The molecular formula is C19H15BrN4. The first-order valence-corrected chi connectivity index (χ1v) is 8.42. The van der Waals surface area contributed by atoms with Gasteiger partial charge in [0.1, 0.15) is 17.2 Å². The average molecular weight is 379 g/mol. The average Bonchev–Trinajstić information content (AvgIpc) is 2.96. The van der Waals surface area contributed by atoms with E-state index in [0.29, 0.717) is 0 Å². The maximum absolute atomic E-state index is 4.80. The molecule has 4 aromatic rings. The summed E-state index contributed by atoms with van der Waals surface area (Å²) in [6.45, 7) is 2.09. The number of nitrogens with zero attached hydrogens (tertiary/aromatic N) is 3. The van der Waals surface area contributed by atoms with Gasteiger partial charge in [0.15, 0.2) is 0 Å². The van der Waals surface area contributed by atoms with Gasteiger partial charge < -0.3 is 5.32 Å². The van der Waals surface area contributed by atoms with Crippen LogP contribution in [0.25, 0.3) is 16.9 Å². The molecule has 0 saturated carbocycles. The molecule has 0 aliphatic heterocycles. The van der Waals surface area contributed by atoms with Gasteiger partial charge in [-0.2, -0.15) is 0 Å². The second-order valence-corrected chi connectivity index (χ2v) is 6.48. The van der Waals surface area contributed by atoms with Gasteiger partial charge in [0.05, 0.1) is 0 Å². The lowest BCUT2D eigenvalue weighted by atomic mass is 10.1. The third-order valence-electron chi connectivity index (χ3n) is 3.93. The van der Waals surface area contributed by atoms with Crippen LogP contribution in [-0.2, 0) is 0 Å². The highest BCUT2D eigenvalue weighted by Gasteiger charge is 2.15. The van der Waals surface area contributed by atoms with E-state index < -0.39 is 0 Å². The summed E-state index contributed by atoms with van der Waals surface area (Å²) in [5.41, 5.74) is 5.07. The molecule has 4 rings (SSSR count). The van der Waals surface area contributed by atoms with E-state index in [-0.39, 0.29) is 0 Å². The summed E-state index contributed by atoms with van der Waals surface area (Å²) in [5.74, 6) is 0.937. The number of imidazole rings is 1. The SMILES string of the molecule is Cc1ccccc1Nc1c(-c2ccncc2)nc2ccc(Br)cn12. The fourth-order valence-electron chi connectivity index (χ4n) is 2.69. The number of nitrogens with one attached hydrogen (secondary N) is 1. The summed E-state index contributed by atoms with van der Waals surface area (Å²) in [7, 11) is 0. The number of aryl methyl sites for hydroxylation is 1. The summed E-state index contributed by atoms with van der Waals surface area (Å²) in [4.78, 5) is 8.91. The van der Waals surface area contributed by atoms with E-state index in [1.54, 1.807) is 12.4 Å². The topological polar surface area (TPSA) is 42.2 Å².